The van der Waals surface area contributed by atoms with Crippen LogP contribution in [0.4, 0.5) is 13.2 Å². The van der Waals surface area contributed by atoms with Gasteiger partial charge in [-0.2, -0.15) is 13.2 Å². The SMILES string of the molecule is Cc1ccccc1C(=O)NCC(=O)NCCOc1ccc(C(F)(F)F)cc1. The van der Waals surface area contributed by atoms with Crippen LogP contribution in [0, 0.1) is 6.92 Å². The summed E-state index contributed by atoms with van der Waals surface area (Å²) in [4.78, 5) is 23.7. The fraction of sp³-hybridized carbons (Fsp3) is 0.263. The fourth-order valence-electron chi connectivity index (χ4n) is 2.25. The Morgan fingerprint density at radius 2 is 1.67 bits per heavy atom. The summed E-state index contributed by atoms with van der Waals surface area (Å²) in [6.45, 7) is 1.85. The predicted molar refractivity (Wildman–Crippen MR) is 93.5 cm³/mol. The normalized spacial score (nSPS) is 11.0. The summed E-state index contributed by atoms with van der Waals surface area (Å²) >= 11 is 0. The molecule has 0 aliphatic carbocycles. The van der Waals surface area contributed by atoms with Gasteiger partial charge in [0, 0.05) is 5.56 Å². The van der Waals surface area contributed by atoms with Crippen LogP contribution in [0.5, 0.6) is 5.75 Å². The van der Waals surface area contributed by atoms with Gasteiger partial charge in [-0.15, -0.1) is 0 Å². The van der Waals surface area contributed by atoms with Gasteiger partial charge >= 0.3 is 6.18 Å². The number of hydrogen-bond donors (Lipinski definition) is 2. The largest absolute Gasteiger partial charge is 0.492 e. The minimum Gasteiger partial charge on any atom is -0.492 e. The predicted octanol–water partition coefficient (Wildman–Crippen LogP) is 2.94. The number of hydrogen-bond acceptors (Lipinski definition) is 3. The van der Waals surface area contributed by atoms with Crippen LogP contribution in [0.2, 0.25) is 0 Å². The van der Waals surface area contributed by atoms with Crippen molar-refractivity contribution in [2.45, 2.75) is 13.1 Å². The average Bonchev–Trinajstić information content (AvgIpc) is 2.63. The van der Waals surface area contributed by atoms with Crippen LogP contribution < -0.4 is 15.4 Å². The van der Waals surface area contributed by atoms with Crippen molar-refractivity contribution in [3.8, 4) is 5.75 Å². The molecule has 0 radical (unpaired) electrons. The second-order valence-electron chi connectivity index (χ2n) is 5.72. The first-order valence-corrected chi connectivity index (χ1v) is 8.18. The Labute approximate surface area is 154 Å². The molecule has 0 atom stereocenters. The van der Waals surface area contributed by atoms with E-state index in [1.807, 2.05) is 6.07 Å². The molecule has 0 aliphatic heterocycles. The van der Waals surface area contributed by atoms with Crippen molar-refractivity contribution >= 4 is 11.8 Å². The summed E-state index contributed by atoms with van der Waals surface area (Å²) in [6.07, 6.45) is -4.39. The molecule has 0 unspecified atom stereocenters. The van der Waals surface area contributed by atoms with Crippen LogP contribution in [0.1, 0.15) is 21.5 Å². The molecule has 144 valence electrons. The molecule has 2 aromatic rings. The van der Waals surface area contributed by atoms with Gasteiger partial charge in [0.05, 0.1) is 18.7 Å². The number of benzene rings is 2. The summed E-state index contributed by atoms with van der Waals surface area (Å²) in [5.74, 6) is -0.470. The van der Waals surface area contributed by atoms with Crippen LogP contribution in [-0.2, 0) is 11.0 Å². The van der Waals surface area contributed by atoms with E-state index in [9.17, 15) is 22.8 Å². The maximum Gasteiger partial charge on any atom is 0.416 e. The van der Waals surface area contributed by atoms with Gasteiger partial charge < -0.3 is 15.4 Å². The van der Waals surface area contributed by atoms with Crippen molar-refractivity contribution < 1.29 is 27.5 Å². The standard InChI is InChI=1S/C19H19F3N2O3/c1-13-4-2-3-5-16(13)18(26)24-12-17(25)23-10-11-27-15-8-6-14(7-9-15)19(20,21)22/h2-9H,10-12H2,1H3,(H,23,25)(H,24,26). The first kappa shape index (κ1) is 20.3. The number of amides is 2. The molecule has 27 heavy (non-hydrogen) atoms. The number of carbonyl (C=O) groups excluding carboxylic acids is 2. The summed E-state index contributed by atoms with van der Waals surface area (Å²) in [5, 5.41) is 5.07. The molecule has 0 aliphatic rings. The zero-order valence-electron chi connectivity index (χ0n) is 14.6. The van der Waals surface area contributed by atoms with Gasteiger partial charge in [0.1, 0.15) is 12.4 Å². The Morgan fingerprint density at radius 1 is 1.00 bits per heavy atom. The van der Waals surface area contributed by atoms with Gasteiger partial charge in [-0.1, -0.05) is 18.2 Å². The lowest BCUT2D eigenvalue weighted by molar-refractivity contribution is -0.137. The monoisotopic (exact) mass is 380 g/mol. The molecule has 0 saturated carbocycles. The topological polar surface area (TPSA) is 67.4 Å². The molecule has 2 N–H and O–H groups in total. The number of halogens is 3. The molecule has 0 heterocycles. The van der Waals surface area contributed by atoms with Crippen LogP contribution in [0.3, 0.4) is 0 Å². The van der Waals surface area contributed by atoms with Gasteiger partial charge in [-0.3, -0.25) is 9.59 Å². The number of aryl methyl sites for hydroxylation is 1. The highest BCUT2D eigenvalue weighted by Crippen LogP contribution is 2.30. The number of carbonyl (C=O) groups is 2. The molecule has 5 nitrogen and oxygen atoms in total. The molecule has 0 aromatic heterocycles. The Hall–Kier alpha value is -3.03. The molecule has 8 heteroatoms. The number of alkyl halides is 3. The summed E-state index contributed by atoms with van der Waals surface area (Å²) in [5.41, 5.74) is 0.545. The van der Waals surface area contributed by atoms with Crippen LogP contribution in [0.15, 0.2) is 48.5 Å². The first-order chi connectivity index (χ1) is 12.8. The van der Waals surface area contributed by atoms with E-state index in [4.69, 9.17) is 4.74 Å². The van der Waals surface area contributed by atoms with Crippen molar-refractivity contribution in [3.63, 3.8) is 0 Å². The highest BCUT2D eigenvalue weighted by molar-refractivity contribution is 5.97. The number of ether oxygens (including phenoxy) is 1. The van der Waals surface area contributed by atoms with Gasteiger partial charge in [-0.25, -0.2) is 0 Å². The molecular formula is C19H19F3N2O3. The Bertz CT molecular complexity index is 790. The van der Waals surface area contributed by atoms with E-state index in [1.54, 1.807) is 25.1 Å². The third-order valence-electron chi connectivity index (χ3n) is 3.67. The van der Waals surface area contributed by atoms with E-state index in [1.165, 1.54) is 12.1 Å². The quantitative estimate of drug-likeness (QED) is 0.726. The van der Waals surface area contributed by atoms with Crippen molar-refractivity contribution in [3.05, 3.63) is 65.2 Å². The molecule has 0 spiro atoms. The van der Waals surface area contributed by atoms with Gasteiger partial charge in [0.25, 0.3) is 5.91 Å². The summed E-state index contributed by atoms with van der Waals surface area (Å²) in [6, 6.07) is 11.3. The van der Waals surface area contributed by atoms with Crippen LogP contribution in [0.25, 0.3) is 0 Å². The summed E-state index contributed by atoms with van der Waals surface area (Å²) in [7, 11) is 0. The van der Waals surface area contributed by atoms with Crippen molar-refractivity contribution in [1.29, 1.82) is 0 Å². The number of nitrogens with one attached hydrogen (secondary N) is 2. The molecule has 0 bridgehead atoms. The fourth-order valence-corrected chi connectivity index (χ4v) is 2.25. The lowest BCUT2D eigenvalue weighted by Crippen LogP contribution is -2.38. The molecule has 2 aromatic carbocycles. The Kier molecular flexibility index (Phi) is 6.81. The highest BCUT2D eigenvalue weighted by Gasteiger charge is 2.29. The second-order valence-corrected chi connectivity index (χ2v) is 5.72. The van der Waals surface area contributed by atoms with Crippen molar-refractivity contribution in [2.75, 3.05) is 19.7 Å². The van der Waals surface area contributed by atoms with E-state index < -0.39 is 17.6 Å². The molecule has 0 fully saturated rings. The zero-order chi connectivity index (χ0) is 19.9. The van der Waals surface area contributed by atoms with Gasteiger partial charge in [-0.05, 0) is 42.8 Å². The Morgan fingerprint density at radius 3 is 2.30 bits per heavy atom. The van der Waals surface area contributed by atoms with E-state index in [0.717, 1.165) is 17.7 Å². The molecular weight excluding hydrogens is 361 g/mol. The van der Waals surface area contributed by atoms with E-state index >= 15 is 0 Å². The van der Waals surface area contributed by atoms with Crippen molar-refractivity contribution in [1.82, 2.24) is 10.6 Å². The maximum atomic E-state index is 12.5. The zero-order valence-corrected chi connectivity index (χ0v) is 14.6. The summed E-state index contributed by atoms with van der Waals surface area (Å²) < 4.78 is 42.6. The van der Waals surface area contributed by atoms with E-state index in [0.29, 0.717) is 5.56 Å². The second kappa shape index (κ2) is 9.07. The first-order valence-electron chi connectivity index (χ1n) is 8.18. The maximum absolute atomic E-state index is 12.5. The lowest BCUT2D eigenvalue weighted by atomic mass is 10.1. The molecule has 0 saturated heterocycles. The third kappa shape index (κ3) is 6.32. The van der Waals surface area contributed by atoms with Gasteiger partial charge in [0.15, 0.2) is 0 Å². The average molecular weight is 380 g/mol. The van der Waals surface area contributed by atoms with E-state index in [2.05, 4.69) is 10.6 Å². The van der Waals surface area contributed by atoms with Crippen LogP contribution >= 0.6 is 0 Å². The van der Waals surface area contributed by atoms with Crippen LogP contribution in [-0.4, -0.2) is 31.5 Å². The van der Waals surface area contributed by atoms with E-state index in [-0.39, 0.29) is 31.4 Å². The highest BCUT2D eigenvalue weighted by atomic mass is 19.4. The lowest BCUT2D eigenvalue weighted by Gasteiger charge is -2.10. The minimum absolute atomic E-state index is 0.0862. The smallest absolute Gasteiger partial charge is 0.416 e. The van der Waals surface area contributed by atoms with Crippen molar-refractivity contribution in [2.24, 2.45) is 0 Å². The van der Waals surface area contributed by atoms with Gasteiger partial charge in [0.2, 0.25) is 5.91 Å². The number of rotatable bonds is 7. The minimum atomic E-state index is -4.39. The third-order valence-corrected chi connectivity index (χ3v) is 3.67. The molecule has 2 amide bonds. The Balaban J connectivity index is 1.67. The molecule has 2 rings (SSSR count).